The molecule has 3 aromatic rings. The van der Waals surface area contributed by atoms with Crippen molar-refractivity contribution in [3.8, 4) is 0 Å². The van der Waals surface area contributed by atoms with Gasteiger partial charge in [-0.3, -0.25) is 14.5 Å². The van der Waals surface area contributed by atoms with Crippen molar-refractivity contribution in [3.05, 3.63) is 59.3 Å². The van der Waals surface area contributed by atoms with E-state index in [4.69, 9.17) is 10.6 Å². The van der Waals surface area contributed by atoms with E-state index < -0.39 is 29.2 Å². The molecule has 5 rings (SSSR count). The first kappa shape index (κ1) is 26.2. The number of oxime groups is 1. The van der Waals surface area contributed by atoms with Crippen LogP contribution in [-0.2, 0) is 19.2 Å². The second kappa shape index (κ2) is 11.1. The van der Waals surface area contributed by atoms with Crippen molar-refractivity contribution in [3.63, 3.8) is 0 Å². The third-order valence-electron chi connectivity index (χ3n) is 5.51. The molecule has 15 heteroatoms. The summed E-state index contributed by atoms with van der Waals surface area (Å²) in [6, 6.07) is 6.84. The van der Waals surface area contributed by atoms with E-state index in [1.165, 1.54) is 45.8 Å². The molecule has 2 amide bonds. The van der Waals surface area contributed by atoms with E-state index in [9.17, 15) is 19.5 Å². The predicted molar refractivity (Wildman–Crippen MR) is 149 cm³/mol. The quantitative estimate of drug-likeness (QED) is 0.0802. The fraction of sp³-hybridized carbons (Fsp3) is 0.217. The Morgan fingerprint density at radius 2 is 2.18 bits per heavy atom. The molecule has 196 valence electrons. The molecule has 2 aliphatic rings. The molecular weight excluding hydrogens is 569 g/mol. The molecule has 1 fully saturated rings. The van der Waals surface area contributed by atoms with E-state index in [-0.39, 0.29) is 28.8 Å². The maximum Gasteiger partial charge on any atom is 0.352 e. The number of carbonyl (C=O) groups is 3. The largest absolute Gasteiger partial charge is 0.477 e. The minimum atomic E-state index is -1.19. The van der Waals surface area contributed by atoms with Crippen LogP contribution < -0.4 is 11.1 Å². The van der Waals surface area contributed by atoms with Crippen LogP contribution in [0, 0.1) is 0 Å². The fourth-order valence-corrected chi connectivity index (χ4v) is 7.92. The van der Waals surface area contributed by atoms with Gasteiger partial charge in [-0.2, -0.15) is 0 Å². The molecule has 0 saturated carbocycles. The number of benzene rings is 1. The highest BCUT2D eigenvalue weighted by Crippen LogP contribution is 2.42. The summed E-state index contributed by atoms with van der Waals surface area (Å²) >= 11 is 5.49. The number of nitrogen functional groups attached to an aromatic ring is 1. The average molecular weight is 589 g/mol. The highest BCUT2D eigenvalue weighted by Gasteiger charge is 2.54. The van der Waals surface area contributed by atoms with E-state index in [2.05, 4.69) is 27.0 Å². The van der Waals surface area contributed by atoms with Gasteiger partial charge < -0.3 is 21.0 Å². The fourth-order valence-electron chi connectivity index (χ4n) is 3.82. The Hall–Kier alpha value is -3.40. The van der Waals surface area contributed by atoms with Crippen molar-refractivity contribution in [1.29, 1.82) is 0 Å². The Kier molecular flexibility index (Phi) is 7.69. The molecule has 2 atom stereocenters. The average Bonchev–Trinajstić information content (AvgIpc) is 3.53. The number of β-lactam (4-membered cyclic amide) rings is 1. The molecule has 1 aromatic carbocycles. The number of fused-ring (bicyclic) bond motifs is 2. The van der Waals surface area contributed by atoms with Crippen LogP contribution in [0.1, 0.15) is 5.69 Å². The molecule has 38 heavy (non-hydrogen) atoms. The summed E-state index contributed by atoms with van der Waals surface area (Å²) in [7, 11) is 0. The molecule has 4 heterocycles. The van der Waals surface area contributed by atoms with E-state index in [1.54, 1.807) is 5.38 Å². The summed E-state index contributed by atoms with van der Waals surface area (Å²) in [6.45, 7) is 3.60. The smallest absolute Gasteiger partial charge is 0.352 e. The van der Waals surface area contributed by atoms with Crippen LogP contribution in [0.2, 0.25) is 0 Å². The summed E-state index contributed by atoms with van der Waals surface area (Å²) in [5.74, 6) is -1.61. The predicted octanol–water partition coefficient (Wildman–Crippen LogP) is 2.77. The van der Waals surface area contributed by atoms with Gasteiger partial charge >= 0.3 is 5.97 Å². The van der Waals surface area contributed by atoms with Gasteiger partial charge in [-0.05, 0) is 17.7 Å². The number of anilines is 1. The minimum Gasteiger partial charge on any atom is -0.477 e. The van der Waals surface area contributed by atoms with E-state index in [0.29, 0.717) is 17.1 Å². The molecular formula is C23H20N6O5S4. The Morgan fingerprint density at radius 3 is 2.89 bits per heavy atom. The van der Waals surface area contributed by atoms with Crippen LogP contribution in [0.3, 0.4) is 0 Å². The van der Waals surface area contributed by atoms with Gasteiger partial charge in [0.1, 0.15) is 29.4 Å². The van der Waals surface area contributed by atoms with Gasteiger partial charge in [-0.25, -0.2) is 14.8 Å². The number of rotatable bonds is 10. The molecule has 0 spiro atoms. The molecule has 0 aliphatic carbocycles. The standard InChI is InChI=1S/C23H20N6O5S4/c1-2-7-34-28-15(13-10-36-22(24)25-13)18(30)27-16-19(31)29-17(21(32)33)11(8-35-20(16)29)9-37-23-26-12-5-3-4-6-14(12)38-23/h2-6,10,16,20H,1,7-9H2,(H2,24,25)(H,27,30)(H,32,33)/t16?,20-/m0/s1. The third-order valence-corrected chi connectivity index (χ3v) is 9.79. The van der Waals surface area contributed by atoms with Crippen molar-refractivity contribution in [2.45, 2.75) is 15.8 Å². The molecule has 11 nitrogen and oxygen atoms in total. The first-order valence-electron chi connectivity index (χ1n) is 11.1. The maximum atomic E-state index is 13.1. The maximum absolute atomic E-state index is 13.1. The molecule has 2 aromatic heterocycles. The number of nitrogens with two attached hydrogens (primary N) is 1. The number of carboxylic acids is 1. The molecule has 1 saturated heterocycles. The summed E-state index contributed by atoms with van der Waals surface area (Å²) in [5, 5.41) is 17.7. The summed E-state index contributed by atoms with van der Waals surface area (Å²) in [4.78, 5) is 53.3. The van der Waals surface area contributed by atoms with Gasteiger partial charge in [0.2, 0.25) is 0 Å². The number of hydrogen-bond acceptors (Lipinski definition) is 12. The van der Waals surface area contributed by atoms with Crippen LogP contribution in [0.15, 0.2) is 63.1 Å². The van der Waals surface area contributed by atoms with Gasteiger partial charge in [-0.15, -0.1) is 34.4 Å². The van der Waals surface area contributed by atoms with E-state index in [0.717, 1.165) is 25.9 Å². The van der Waals surface area contributed by atoms with Crippen molar-refractivity contribution in [1.82, 2.24) is 20.2 Å². The van der Waals surface area contributed by atoms with Crippen LogP contribution in [0.4, 0.5) is 5.13 Å². The van der Waals surface area contributed by atoms with E-state index >= 15 is 0 Å². The number of hydrogen-bond donors (Lipinski definition) is 3. The number of thioether (sulfide) groups is 2. The summed E-state index contributed by atoms with van der Waals surface area (Å²) in [5.41, 5.74) is 7.22. The lowest BCUT2D eigenvalue weighted by Gasteiger charge is -2.49. The zero-order chi connectivity index (χ0) is 26.8. The Balaban J connectivity index is 1.30. The van der Waals surface area contributed by atoms with Crippen LogP contribution in [0.5, 0.6) is 0 Å². The number of carboxylic acid groups (broad SMARTS) is 1. The molecule has 2 aliphatic heterocycles. The van der Waals surface area contributed by atoms with Gasteiger partial charge in [0, 0.05) is 16.9 Å². The van der Waals surface area contributed by atoms with Gasteiger partial charge in [0.15, 0.2) is 15.2 Å². The van der Waals surface area contributed by atoms with Gasteiger partial charge in [0.05, 0.1) is 10.2 Å². The SMILES string of the molecule is C=CCON=C(C(=O)NC1C(=O)N2C(C(=O)O)=C(CSc3nc4ccccc4s3)CS[C@@H]12)c1csc(N)n1. The highest BCUT2D eigenvalue weighted by molar-refractivity contribution is 8.02. The number of para-hydroxylation sites is 1. The highest BCUT2D eigenvalue weighted by atomic mass is 32.2. The lowest BCUT2D eigenvalue weighted by Crippen LogP contribution is -2.71. The number of aromatic nitrogens is 2. The van der Waals surface area contributed by atoms with Crippen molar-refractivity contribution < 1.29 is 24.3 Å². The lowest BCUT2D eigenvalue weighted by atomic mass is 10.0. The monoisotopic (exact) mass is 588 g/mol. The number of aliphatic carboxylic acids is 1. The molecule has 0 radical (unpaired) electrons. The van der Waals surface area contributed by atoms with Crippen molar-refractivity contribution in [2.75, 3.05) is 23.8 Å². The van der Waals surface area contributed by atoms with Crippen LogP contribution in [-0.4, -0.2) is 73.0 Å². The molecule has 4 N–H and O–H groups in total. The van der Waals surface area contributed by atoms with Crippen LogP contribution >= 0.6 is 46.2 Å². The second-order valence-electron chi connectivity index (χ2n) is 7.95. The van der Waals surface area contributed by atoms with E-state index in [1.807, 2.05) is 24.3 Å². The van der Waals surface area contributed by atoms with Crippen LogP contribution in [0.25, 0.3) is 10.2 Å². The Bertz CT molecular complexity index is 1460. The van der Waals surface area contributed by atoms with Gasteiger partial charge in [-0.1, -0.05) is 41.7 Å². The normalized spacial score (nSPS) is 19.2. The zero-order valence-corrected chi connectivity index (χ0v) is 22.8. The first-order chi connectivity index (χ1) is 18.4. The first-order valence-corrected chi connectivity index (χ1v) is 14.8. The third kappa shape index (κ3) is 5.14. The second-order valence-corrected chi connectivity index (χ2v) is 12.2. The number of nitrogens with zero attached hydrogens (tertiary/aromatic N) is 4. The Labute approximate surface area is 232 Å². The molecule has 1 unspecified atom stereocenters. The number of amides is 2. The minimum absolute atomic E-state index is 0.0478. The number of carbonyl (C=O) groups excluding carboxylic acids is 2. The number of nitrogens with one attached hydrogen (secondary N) is 1. The summed E-state index contributed by atoms with van der Waals surface area (Å²) < 4.78 is 1.87. The summed E-state index contributed by atoms with van der Waals surface area (Å²) in [6.07, 6.45) is 1.47. The number of thiazole rings is 2. The zero-order valence-electron chi connectivity index (χ0n) is 19.5. The van der Waals surface area contributed by atoms with Crippen molar-refractivity contribution in [2.24, 2.45) is 5.16 Å². The van der Waals surface area contributed by atoms with Crippen molar-refractivity contribution >= 4 is 85.0 Å². The topological polar surface area (TPSA) is 160 Å². The Morgan fingerprint density at radius 1 is 1.37 bits per heavy atom. The lowest BCUT2D eigenvalue weighted by molar-refractivity contribution is -0.150. The van der Waals surface area contributed by atoms with Gasteiger partial charge in [0.25, 0.3) is 11.8 Å². The molecule has 0 bridgehead atoms.